The van der Waals surface area contributed by atoms with Crippen LogP contribution in [0.5, 0.6) is 0 Å². The number of fused-ring (bicyclic) bond motifs is 1. The molecule has 1 saturated carbocycles. The molecule has 1 aliphatic carbocycles. The summed E-state index contributed by atoms with van der Waals surface area (Å²) in [4.78, 5) is 54.6. The average molecular weight is 629 g/mol. The van der Waals surface area contributed by atoms with E-state index in [0.717, 1.165) is 0 Å². The fraction of sp³-hybridized carbons (Fsp3) is 0.259. The molecule has 0 bridgehead atoms. The second-order valence-electron chi connectivity index (χ2n) is 9.43. The summed E-state index contributed by atoms with van der Waals surface area (Å²) in [6.45, 7) is 2.99. The number of nitrogens with zero attached hydrogens (tertiary/aromatic N) is 4. The fourth-order valence-electron chi connectivity index (χ4n) is 4.60. The second kappa shape index (κ2) is 9.53. The van der Waals surface area contributed by atoms with Crippen molar-refractivity contribution in [1.29, 1.82) is 0 Å². The molecule has 0 saturated heterocycles. The van der Waals surface area contributed by atoms with E-state index in [1.54, 1.807) is 44.3 Å². The molecule has 38 heavy (non-hydrogen) atoms. The van der Waals surface area contributed by atoms with Gasteiger partial charge in [0.15, 0.2) is 0 Å². The van der Waals surface area contributed by atoms with Crippen molar-refractivity contribution in [3.05, 3.63) is 88.6 Å². The van der Waals surface area contributed by atoms with Crippen LogP contribution in [0.4, 0.5) is 21.6 Å². The Morgan fingerprint density at radius 3 is 2.45 bits per heavy atom. The first-order valence-corrected chi connectivity index (χ1v) is 13.1. The predicted molar refractivity (Wildman–Crippen MR) is 154 cm³/mol. The van der Waals surface area contributed by atoms with E-state index in [2.05, 4.69) is 5.32 Å². The van der Waals surface area contributed by atoms with Crippen molar-refractivity contribution in [1.82, 2.24) is 13.7 Å². The van der Waals surface area contributed by atoms with Crippen LogP contribution >= 0.6 is 22.6 Å². The molecule has 0 spiro atoms. The molecule has 9 nitrogen and oxygen atoms in total. The molecule has 1 N–H and O–H groups in total. The number of aromatic nitrogens is 3. The van der Waals surface area contributed by atoms with Gasteiger partial charge in [-0.1, -0.05) is 6.07 Å². The fourth-order valence-corrected chi connectivity index (χ4v) is 5.05. The average Bonchev–Trinajstić information content (AvgIpc) is 3.71. The quantitative estimate of drug-likeness (QED) is 0.337. The maximum absolute atomic E-state index is 14.8. The van der Waals surface area contributed by atoms with Crippen LogP contribution in [0.15, 0.2) is 56.8 Å². The molecule has 11 heteroatoms. The Kier molecular flexibility index (Phi) is 6.49. The molecule has 1 amide bonds. The van der Waals surface area contributed by atoms with E-state index in [1.807, 2.05) is 22.6 Å². The highest BCUT2D eigenvalue weighted by atomic mass is 127. The molecule has 4 aromatic rings. The lowest BCUT2D eigenvalue weighted by atomic mass is 10.1. The van der Waals surface area contributed by atoms with Gasteiger partial charge >= 0.3 is 5.69 Å². The second-order valence-corrected chi connectivity index (χ2v) is 10.7. The first kappa shape index (κ1) is 25.9. The minimum atomic E-state index is -0.574. The highest BCUT2D eigenvalue weighted by molar-refractivity contribution is 14.1. The topological polar surface area (TPSA) is 98.3 Å². The van der Waals surface area contributed by atoms with E-state index in [1.165, 1.54) is 44.7 Å². The maximum atomic E-state index is 14.8. The van der Waals surface area contributed by atoms with Gasteiger partial charge in [0.05, 0.1) is 16.9 Å². The zero-order valence-electron chi connectivity index (χ0n) is 21.2. The highest BCUT2D eigenvalue weighted by Crippen LogP contribution is 2.34. The van der Waals surface area contributed by atoms with Crippen LogP contribution in [0.25, 0.3) is 16.6 Å². The lowest BCUT2D eigenvalue weighted by Gasteiger charge is -2.21. The molecule has 0 aliphatic heterocycles. The molecule has 0 radical (unpaired) electrons. The van der Waals surface area contributed by atoms with E-state index in [9.17, 15) is 23.6 Å². The van der Waals surface area contributed by atoms with Crippen molar-refractivity contribution in [3.63, 3.8) is 0 Å². The Morgan fingerprint density at radius 2 is 1.82 bits per heavy atom. The molecule has 1 fully saturated rings. The number of benzene rings is 2. The number of aryl methyl sites for hydroxylation is 1. The summed E-state index contributed by atoms with van der Waals surface area (Å²) in [6.07, 6.45) is 1.35. The van der Waals surface area contributed by atoms with Crippen LogP contribution in [-0.2, 0) is 11.8 Å². The normalized spacial score (nSPS) is 13.1. The Bertz CT molecular complexity index is 1820. The van der Waals surface area contributed by atoms with Gasteiger partial charge in [-0.05, 0) is 78.8 Å². The molecule has 2 aromatic carbocycles. The highest BCUT2D eigenvalue weighted by Gasteiger charge is 2.31. The van der Waals surface area contributed by atoms with Crippen LogP contribution in [0.2, 0.25) is 0 Å². The molecule has 2 heterocycles. The number of carbonyl (C=O) groups excluding carboxylic acids is 1. The van der Waals surface area contributed by atoms with E-state index in [4.69, 9.17) is 0 Å². The number of halogens is 2. The van der Waals surface area contributed by atoms with Crippen LogP contribution < -0.4 is 27.0 Å². The molecule has 196 valence electrons. The van der Waals surface area contributed by atoms with Gasteiger partial charge in [0.2, 0.25) is 5.91 Å². The number of rotatable bonds is 5. The van der Waals surface area contributed by atoms with Crippen molar-refractivity contribution in [2.75, 3.05) is 17.3 Å². The minimum Gasteiger partial charge on any atom is -0.338 e. The van der Waals surface area contributed by atoms with E-state index in [0.29, 0.717) is 27.8 Å². The van der Waals surface area contributed by atoms with E-state index < -0.39 is 22.6 Å². The summed E-state index contributed by atoms with van der Waals surface area (Å²) < 4.78 is 19.3. The Balaban J connectivity index is 1.91. The van der Waals surface area contributed by atoms with Crippen LogP contribution in [0.3, 0.4) is 0 Å². The molecule has 2 aromatic heterocycles. The summed E-state index contributed by atoms with van der Waals surface area (Å²) in [7, 11) is 3.12. The van der Waals surface area contributed by atoms with Gasteiger partial charge in [0.1, 0.15) is 17.0 Å². The molecule has 5 rings (SSSR count). The smallest absolute Gasteiger partial charge is 0.336 e. The summed E-state index contributed by atoms with van der Waals surface area (Å²) in [5, 5.41) is 3.05. The summed E-state index contributed by atoms with van der Waals surface area (Å²) in [5.41, 5.74) is -0.217. The van der Waals surface area contributed by atoms with Gasteiger partial charge in [-0.25, -0.2) is 9.18 Å². The molecule has 1 aliphatic rings. The van der Waals surface area contributed by atoms with Crippen molar-refractivity contribution in [3.8, 4) is 5.69 Å². The number of amides is 1. The number of nitrogens with one attached hydrogen (secondary N) is 1. The Hall–Kier alpha value is -3.74. The van der Waals surface area contributed by atoms with Crippen LogP contribution in [0, 0.1) is 16.3 Å². The molecular weight excluding hydrogens is 604 g/mol. The van der Waals surface area contributed by atoms with Crippen molar-refractivity contribution in [2.45, 2.75) is 32.7 Å². The van der Waals surface area contributed by atoms with Gasteiger partial charge < -0.3 is 10.2 Å². The number of pyridine rings is 1. The molecule has 0 unspecified atom stereocenters. The van der Waals surface area contributed by atoms with Crippen molar-refractivity contribution < 1.29 is 9.18 Å². The predicted octanol–water partition coefficient (Wildman–Crippen LogP) is 3.96. The molecule has 0 atom stereocenters. The van der Waals surface area contributed by atoms with E-state index >= 15 is 0 Å². The Labute approximate surface area is 230 Å². The van der Waals surface area contributed by atoms with Crippen molar-refractivity contribution in [2.24, 2.45) is 7.05 Å². The number of anilines is 3. The van der Waals surface area contributed by atoms with E-state index in [-0.39, 0.29) is 39.9 Å². The zero-order valence-corrected chi connectivity index (χ0v) is 23.4. The number of hydrogen-bond acceptors (Lipinski definition) is 5. The lowest BCUT2D eigenvalue weighted by Crippen LogP contribution is -2.41. The first-order chi connectivity index (χ1) is 18.0. The van der Waals surface area contributed by atoms with Gasteiger partial charge in [-0.15, -0.1) is 0 Å². The third-order valence-corrected chi connectivity index (χ3v) is 7.56. The third-order valence-electron chi connectivity index (χ3n) is 6.89. The Morgan fingerprint density at radius 1 is 1.11 bits per heavy atom. The van der Waals surface area contributed by atoms with Crippen LogP contribution in [-0.4, -0.2) is 26.7 Å². The third kappa shape index (κ3) is 4.24. The maximum Gasteiger partial charge on any atom is 0.336 e. The SMILES string of the molecule is CC(=O)N(C)c1cccc(-n2c(=O)n(C3CC3)c(=O)c3c(Nc4ccc(I)cc4F)n(C)c(=O)c(C)c32)c1. The monoisotopic (exact) mass is 629 g/mol. The number of carbonyl (C=O) groups is 1. The van der Waals surface area contributed by atoms with Gasteiger partial charge in [-0.3, -0.25) is 28.1 Å². The standard InChI is InChI=1S/C27H25FIN5O4/c1-14-23-22(24(32(4)25(14)36)30-21-11-8-16(29)12-20(21)28)26(37)34(17-9-10-17)27(38)33(23)19-7-5-6-18(13-19)31(3)15(2)35/h5-8,11-13,17,30H,9-10H2,1-4H3. The van der Waals surface area contributed by atoms with Gasteiger partial charge in [-0.2, -0.15) is 0 Å². The zero-order chi connectivity index (χ0) is 27.5. The minimum absolute atomic E-state index is 0.0841. The van der Waals surface area contributed by atoms with Gasteiger partial charge in [0.25, 0.3) is 11.1 Å². The van der Waals surface area contributed by atoms with Crippen LogP contribution in [0.1, 0.15) is 31.4 Å². The first-order valence-electron chi connectivity index (χ1n) is 12.0. The van der Waals surface area contributed by atoms with Crippen molar-refractivity contribution >= 4 is 56.6 Å². The summed E-state index contributed by atoms with van der Waals surface area (Å²) >= 11 is 1.99. The largest absolute Gasteiger partial charge is 0.338 e. The van der Waals surface area contributed by atoms with Gasteiger partial charge in [0, 0.05) is 41.9 Å². The lowest BCUT2D eigenvalue weighted by molar-refractivity contribution is -0.116. The summed E-state index contributed by atoms with van der Waals surface area (Å²) in [5.74, 6) is -0.659. The summed E-state index contributed by atoms with van der Waals surface area (Å²) in [6, 6.07) is 11.1. The number of hydrogen-bond donors (Lipinski definition) is 1. The molecular formula is C27H25FIN5O4.